The molecule has 1 aliphatic heterocycles. The Kier molecular flexibility index (Phi) is 5.80. The Morgan fingerprint density at radius 1 is 1.04 bits per heavy atom. The van der Waals surface area contributed by atoms with Crippen molar-refractivity contribution in [2.75, 3.05) is 32.8 Å². The van der Waals surface area contributed by atoms with Crippen LogP contribution in [0.4, 0.5) is 4.39 Å². The quantitative estimate of drug-likeness (QED) is 0.854. The summed E-state index contributed by atoms with van der Waals surface area (Å²) in [5.41, 5.74) is 0.842. The first-order valence-electron chi connectivity index (χ1n) is 8.18. The summed E-state index contributed by atoms with van der Waals surface area (Å²) in [6.07, 6.45) is 0. The molecule has 1 saturated heterocycles. The van der Waals surface area contributed by atoms with Gasteiger partial charge < -0.3 is 4.74 Å². The van der Waals surface area contributed by atoms with Gasteiger partial charge in [0.2, 0.25) is 10.0 Å². The van der Waals surface area contributed by atoms with E-state index in [4.69, 9.17) is 4.74 Å². The third kappa shape index (κ3) is 4.64. The molecule has 5 nitrogen and oxygen atoms in total. The highest BCUT2D eigenvalue weighted by atomic mass is 32.2. The van der Waals surface area contributed by atoms with Crippen molar-refractivity contribution in [2.24, 2.45) is 0 Å². The van der Waals surface area contributed by atoms with Gasteiger partial charge in [0.05, 0.1) is 19.3 Å². The SMILES string of the molecule is O=S(=O)(N[C@@H](CN1CCOCC1)c1ccccc1)c1ccccc1F. The molecule has 1 fully saturated rings. The van der Waals surface area contributed by atoms with Gasteiger partial charge in [-0.15, -0.1) is 0 Å². The fourth-order valence-electron chi connectivity index (χ4n) is 2.85. The standard InChI is InChI=1S/C18H21FN2O3S/c19-16-8-4-5-9-18(16)25(22,23)20-17(15-6-2-1-3-7-15)14-21-10-12-24-13-11-21/h1-9,17,20H,10-14H2/t17-/m0/s1. The van der Waals surface area contributed by atoms with E-state index in [1.165, 1.54) is 18.2 Å². The van der Waals surface area contributed by atoms with Crippen molar-refractivity contribution in [1.82, 2.24) is 9.62 Å². The number of nitrogens with one attached hydrogen (secondary N) is 1. The van der Waals surface area contributed by atoms with Crippen LogP contribution in [-0.2, 0) is 14.8 Å². The molecule has 25 heavy (non-hydrogen) atoms. The first-order valence-corrected chi connectivity index (χ1v) is 9.66. The summed E-state index contributed by atoms with van der Waals surface area (Å²) >= 11 is 0. The highest BCUT2D eigenvalue weighted by Crippen LogP contribution is 2.20. The molecule has 0 aliphatic carbocycles. The largest absolute Gasteiger partial charge is 0.379 e. The molecule has 0 amide bonds. The van der Waals surface area contributed by atoms with Crippen LogP contribution in [0, 0.1) is 5.82 Å². The molecule has 1 aliphatic rings. The van der Waals surface area contributed by atoms with Crippen molar-refractivity contribution in [3.8, 4) is 0 Å². The second-order valence-electron chi connectivity index (χ2n) is 5.93. The number of halogens is 1. The van der Waals surface area contributed by atoms with Crippen molar-refractivity contribution in [3.63, 3.8) is 0 Å². The lowest BCUT2D eigenvalue weighted by molar-refractivity contribution is 0.0345. The van der Waals surface area contributed by atoms with Gasteiger partial charge in [0.25, 0.3) is 0 Å². The fourth-order valence-corrected chi connectivity index (χ4v) is 4.15. The molecular weight excluding hydrogens is 343 g/mol. The Morgan fingerprint density at radius 3 is 2.36 bits per heavy atom. The second-order valence-corrected chi connectivity index (χ2v) is 7.61. The van der Waals surface area contributed by atoms with Crippen LogP contribution < -0.4 is 4.72 Å². The second kappa shape index (κ2) is 8.05. The minimum absolute atomic E-state index is 0.335. The van der Waals surface area contributed by atoms with Gasteiger partial charge in [-0.3, -0.25) is 4.90 Å². The van der Waals surface area contributed by atoms with Crippen molar-refractivity contribution in [2.45, 2.75) is 10.9 Å². The first kappa shape index (κ1) is 18.0. The lowest BCUT2D eigenvalue weighted by Gasteiger charge is -2.31. The highest BCUT2D eigenvalue weighted by molar-refractivity contribution is 7.89. The van der Waals surface area contributed by atoms with Gasteiger partial charge >= 0.3 is 0 Å². The summed E-state index contributed by atoms with van der Waals surface area (Å²) in [5.74, 6) is -0.756. The number of morpholine rings is 1. The Hall–Kier alpha value is -1.80. The van der Waals surface area contributed by atoms with Crippen molar-refractivity contribution < 1.29 is 17.5 Å². The number of nitrogens with zero attached hydrogens (tertiary/aromatic N) is 1. The van der Waals surface area contributed by atoms with Gasteiger partial charge in [-0.2, -0.15) is 0 Å². The van der Waals surface area contributed by atoms with Gasteiger partial charge in [-0.1, -0.05) is 42.5 Å². The number of rotatable bonds is 6. The Labute approximate surface area is 147 Å². The summed E-state index contributed by atoms with van der Waals surface area (Å²) in [5, 5.41) is 0. The topological polar surface area (TPSA) is 58.6 Å². The molecule has 0 bridgehead atoms. The molecular formula is C18H21FN2O3S. The summed E-state index contributed by atoms with van der Waals surface area (Å²) in [7, 11) is -3.97. The maximum atomic E-state index is 14.0. The molecule has 134 valence electrons. The van der Waals surface area contributed by atoms with E-state index in [9.17, 15) is 12.8 Å². The Bertz CT molecular complexity index is 793. The number of sulfonamides is 1. The Morgan fingerprint density at radius 2 is 1.68 bits per heavy atom. The summed E-state index contributed by atoms with van der Waals surface area (Å²) in [6, 6.07) is 14.3. The molecule has 0 unspecified atom stereocenters. The van der Waals surface area contributed by atoms with Crippen LogP contribution in [0.15, 0.2) is 59.5 Å². The average Bonchev–Trinajstić information content (AvgIpc) is 2.63. The zero-order chi connectivity index (χ0) is 17.7. The molecule has 2 aromatic carbocycles. The fraction of sp³-hybridized carbons (Fsp3) is 0.333. The van der Waals surface area contributed by atoms with Crippen LogP contribution >= 0.6 is 0 Å². The predicted molar refractivity (Wildman–Crippen MR) is 93.2 cm³/mol. The smallest absolute Gasteiger partial charge is 0.244 e. The third-order valence-corrected chi connectivity index (χ3v) is 5.67. The lowest BCUT2D eigenvalue weighted by atomic mass is 10.1. The van der Waals surface area contributed by atoms with E-state index in [-0.39, 0.29) is 4.90 Å². The predicted octanol–water partition coefficient (Wildman–Crippen LogP) is 2.18. The molecule has 1 atom stereocenters. The van der Waals surface area contributed by atoms with Gasteiger partial charge in [-0.05, 0) is 17.7 Å². The van der Waals surface area contributed by atoms with E-state index < -0.39 is 21.9 Å². The molecule has 1 heterocycles. The van der Waals surface area contributed by atoms with E-state index in [0.29, 0.717) is 19.8 Å². The number of ether oxygens (including phenoxy) is 1. The maximum absolute atomic E-state index is 14.0. The average molecular weight is 364 g/mol. The molecule has 0 spiro atoms. The van der Waals surface area contributed by atoms with Gasteiger partial charge in [-0.25, -0.2) is 17.5 Å². The normalized spacial score (nSPS) is 17.3. The monoisotopic (exact) mass is 364 g/mol. The molecule has 0 aromatic heterocycles. The van der Waals surface area contributed by atoms with Crippen LogP contribution in [0.2, 0.25) is 0 Å². The van der Waals surface area contributed by atoms with Crippen LogP contribution in [0.25, 0.3) is 0 Å². The summed E-state index contributed by atoms with van der Waals surface area (Å²) in [6.45, 7) is 3.24. The molecule has 0 radical (unpaired) electrons. The zero-order valence-electron chi connectivity index (χ0n) is 13.8. The van der Waals surface area contributed by atoms with Crippen LogP contribution in [-0.4, -0.2) is 46.2 Å². The van der Waals surface area contributed by atoms with E-state index in [2.05, 4.69) is 9.62 Å². The number of hydrogen-bond acceptors (Lipinski definition) is 4. The number of benzene rings is 2. The zero-order valence-corrected chi connectivity index (χ0v) is 14.6. The van der Waals surface area contributed by atoms with E-state index in [1.807, 2.05) is 30.3 Å². The van der Waals surface area contributed by atoms with Gasteiger partial charge in [0.15, 0.2) is 0 Å². The third-order valence-electron chi connectivity index (χ3n) is 4.17. The summed E-state index contributed by atoms with van der Waals surface area (Å²) in [4.78, 5) is 1.81. The molecule has 3 rings (SSSR count). The van der Waals surface area contributed by atoms with E-state index >= 15 is 0 Å². The van der Waals surface area contributed by atoms with Crippen LogP contribution in [0.5, 0.6) is 0 Å². The van der Waals surface area contributed by atoms with Crippen LogP contribution in [0.1, 0.15) is 11.6 Å². The summed E-state index contributed by atoms with van der Waals surface area (Å²) < 4.78 is 47.3. The molecule has 1 N–H and O–H groups in total. The Balaban J connectivity index is 1.85. The lowest BCUT2D eigenvalue weighted by Crippen LogP contribution is -2.43. The highest BCUT2D eigenvalue weighted by Gasteiger charge is 2.26. The first-order chi connectivity index (χ1) is 12.1. The van der Waals surface area contributed by atoms with Gasteiger partial charge in [0, 0.05) is 19.6 Å². The molecule has 7 heteroatoms. The van der Waals surface area contributed by atoms with Crippen LogP contribution in [0.3, 0.4) is 0 Å². The van der Waals surface area contributed by atoms with Crippen molar-refractivity contribution in [3.05, 3.63) is 66.0 Å². The molecule has 0 saturated carbocycles. The van der Waals surface area contributed by atoms with Crippen molar-refractivity contribution >= 4 is 10.0 Å². The van der Waals surface area contributed by atoms with Crippen molar-refractivity contribution in [1.29, 1.82) is 0 Å². The minimum Gasteiger partial charge on any atom is -0.379 e. The van der Waals surface area contributed by atoms with E-state index in [1.54, 1.807) is 0 Å². The number of hydrogen-bond donors (Lipinski definition) is 1. The molecule has 2 aromatic rings. The van der Waals surface area contributed by atoms with E-state index in [0.717, 1.165) is 24.7 Å². The maximum Gasteiger partial charge on any atom is 0.244 e. The minimum atomic E-state index is -3.97. The van der Waals surface area contributed by atoms with Gasteiger partial charge in [0.1, 0.15) is 10.7 Å².